The Balaban J connectivity index is 2.00. The molecule has 3 rings (SSSR count). The van der Waals surface area contributed by atoms with Crippen LogP contribution in [-0.4, -0.2) is 62.7 Å². The van der Waals surface area contributed by atoms with Gasteiger partial charge in [0.05, 0.1) is 29.6 Å². The second-order valence-electron chi connectivity index (χ2n) is 7.48. The van der Waals surface area contributed by atoms with Gasteiger partial charge in [0.15, 0.2) is 0 Å². The number of ether oxygens (including phenoxy) is 1. The fourth-order valence-electron chi connectivity index (χ4n) is 3.72. The predicted octanol–water partition coefficient (Wildman–Crippen LogP) is 2.65. The fraction of sp³-hybridized carbons (Fsp3) is 0.429. The summed E-state index contributed by atoms with van der Waals surface area (Å²) in [5, 5.41) is 22.1. The molecule has 1 aliphatic rings. The van der Waals surface area contributed by atoms with Crippen LogP contribution in [0.1, 0.15) is 19.3 Å². The van der Waals surface area contributed by atoms with Gasteiger partial charge in [0.25, 0.3) is 15.7 Å². The van der Waals surface area contributed by atoms with Gasteiger partial charge < -0.3 is 14.7 Å². The molecule has 168 valence electrons. The molecule has 0 aromatic heterocycles. The third-order valence-electron chi connectivity index (χ3n) is 5.27. The van der Waals surface area contributed by atoms with E-state index in [2.05, 4.69) is 4.90 Å². The Labute approximate surface area is 182 Å². The zero-order valence-electron chi connectivity index (χ0n) is 17.4. The van der Waals surface area contributed by atoms with Gasteiger partial charge in [-0.25, -0.2) is 8.42 Å². The SMILES string of the molecule is COc1ccc([N+](=O)[O-])cc1N(C[C@@H](O)CN1CCCCC1)S(=O)(=O)c1ccccc1. The Morgan fingerprint density at radius 3 is 2.45 bits per heavy atom. The highest BCUT2D eigenvalue weighted by molar-refractivity contribution is 7.92. The lowest BCUT2D eigenvalue weighted by atomic mass is 10.1. The van der Waals surface area contributed by atoms with Crippen molar-refractivity contribution in [3.05, 3.63) is 58.6 Å². The van der Waals surface area contributed by atoms with E-state index in [0.717, 1.165) is 42.7 Å². The summed E-state index contributed by atoms with van der Waals surface area (Å²) >= 11 is 0. The van der Waals surface area contributed by atoms with Gasteiger partial charge in [-0.2, -0.15) is 0 Å². The molecule has 1 atom stereocenters. The molecule has 31 heavy (non-hydrogen) atoms. The Morgan fingerprint density at radius 2 is 1.84 bits per heavy atom. The van der Waals surface area contributed by atoms with Gasteiger partial charge in [-0.15, -0.1) is 0 Å². The van der Waals surface area contributed by atoms with E-state index in [-0.39, 0.29) is 28.6 Å². The molecule has 0 amide bonds. The maximum absolute atomic E-state index is 13.5. The third-order valence-corrected chi connectivity index (χ3v) is 7.06. The lowest BCUT2D eigenvalue weighted by Gasteiger charge is -2.32. The average Bonchev–Trinajstić information content (AvgIpc) is 2.78. The van der Waals surface area contributed by atoms with Gasteiger partial charge in [0, 0.05) is 18.7 Å². The molecule has 0 unspecified atom stereocenters. The molecule has 1 N–H and O–H groups in total. The Kier molecular flexibility index (Phi) is 7.47. The first-order chi connectivity index (χ1) is 14.8. The van der Waals surface area contributed by atoms with Crippen LogP contribution in [0.3, 0.4) is 0 Å². The number of piperidine rings is 1. The number of nitro benzene ring substituents is 1. The number of aliphatic hydroxyl groups is 1. The number of methoxy groups -OCH3 is 1. The Morgan fingerprint density at radius 1 is 1.16 bits per heavy atom. The van der Waals surface area contributed by atoms with Crippen molar-refractivity contribution in [2.45, 2.75) is 30.3 Å². The number of non-ortho nitro benzene ring substituents is 1. The van der Waals surface area contributed by atoms with E-state index in [9.17, 15) is 23.6 Å². The molecular weight excluding hydrogens is 422 g/mol. The highest BCUT2D eigenvalue weighted by atomic mass is 32.2. The molecule has 1 saturated heterocycles. The number of rotatable bonds is 9. The van der Waals surface area contributed by atoms with E-state index in [1.165, 1.54) is 31.4 Å². The first kappa shape index (κ1) is 23.0. The first-order valence-corrected chi connectivity index (χ1v) is 11.6. The van der Waals surface area contributed by atoms with E-state index in [4.69, 9.17) is 4.74 Å². The number of hydrogen-bond donors (Lipinski definition) is 1. The van der Waals surface area contributed by atoms with Gasteiger partial charge in [-0.1, -0.05) is 24.6 Å². The fourth-order valence-corrected chi connectivity index (χ4v) is 5.25. The van der Waals surface area contributed by atoms with Gasteiger partial charge in [0.2, 0.25) is 0 Å². The Bertz CT molecular complexity index is 993. The minimum absolute atomic E-state index is 0.0123. The second kappa shape index (κ2) is 10.1. The molecule has 2 aromatic rings. The van der Waals surface area contributed by atoms with Gasteiger partial charge >= 0.3 is 0 Å². The lowest BCUT2D eigenvalue weighted by molar-refractivity contribution is -0.384. The zero-order chi connectivity index (χ0) is 22.4. The van der Waals surface area contributed by atoms with Gasteiger partial charge in [-0.05, 0) is 44.1 Å². The molecule has 1 fully saturated rings. The molecule has 2 aromatic carbocycles. The van der Waals surface area contributed by atoms with E-state index in [1.807, 2.05) is 0 Å². The summed E-state index contributed by atoms with van der Waals surface area (Å²) in [6.45, 7) is 1.76. The quantitative estimate of drug-likeness (QED) is 0.462. The minimum atomic E-state index is -4.11. The van der Waals surface area contributed by atoms with Crippen LogP contribution < -0.4 is 9.04 Å². The van der Waals surface area contributed by atoms with Crippen LogP contribution in [0.25, 0.3) is 0 Å². The molecule has 0 bridgehead atoms. The van der Waals surface area contributed by atoms with E-state index in [1.54, 1.807) is 18.2 Å². The average molecular weight is 450 g/mol. The number of β-amino-alcohol motifs (C(OH)–C–C–N with tert-alkyl or cyclic N) is 1. The van der Waals surface area contributed by atoms with Crippen molar-refractivity contribution < 1.29 is 23.2 Å². The first-order valence-electron chi connectivity index (χ1n) is 10.1. The number of benzene rings is 2. The van der Waals surface area contributed by atoms with Crippen molar-refractivity contribution in [1.82, 2.24) is 4.90 Å². The second-order valence-corrected chi connectivity index (χ2v) is 9.34. The standard InChI is InChI=1S/C21H27N3O6S/c1-30-21-11-10-17(24(26)27)14-20(21)23(31(28,29)19-8-4-2-5-9-19)16-18(25)15-22-12-6-3-7-13-22/h2,4-5,8-11,14,18,25H,3,6-7,12-13,15-16H2,1H3/t18-/m0/s1. The van der Waals surface area contributed by atoms with Crippen LogP contribution in [0, 0.1) is 10.1 Å². The molecule has 1 aliphatic heterocycles. The highest BCUT2D eigenvalue weighted by Gasteiger charge is 2.31. The van der Waals surface area contributed by atoms with Crippen molar-refractivity contribution in [2.75, 3.05) is 37.6 Å². The van der Waals surface area contributed by atoms with E-state index in [0.29, 0.717) is 6.54 Å². The normalized spacial score (nSPS) is 15.9. The number of nitro groups is 1. The smallest absolute Gasteiger partial charge is 0.271 e. The van der Waals surface area contributed by atoms with Gasteiger partial charge in [-0.3, -0.25) is 14.4 Å². The number of hydrogen-bond acceptors (Lipinski definition) is 7. The molecular formula is C21H27N3O6S. The largest absolute Gasteiger partial charge is 0.495 e. The summed E-state index contributed by atoms with van der Waals surface area (Å²) in [6.07, 6.45) is 2.24. The Hall–Kier alpha value is -2.69. The van der Waals surface area contributed by atoms with Crippen molar-refractivity contribution in [3.8, 4) is 5.75 Å². The summed E-state index contributed by atoms with van der Waals surface area (Å²) in [5.74, 6) is 0.162. The molecule has 1 heterocycles. The topological polar surface area (TPSA) is 113 Å². The molecule has 9 nitrogen and oxygen atoms in total. The summed E-state index contributed by atoms with van der Waals surface area (Å²) in [5.41, 5.74) is -0.257. The van der Waals surface area contributed by atoms with Crippen LogP contribution >= 0.6 is 0 Å². The van der Waals surface area contributed by atoms with E-state index >= 15 is 0 Å². The van der Waals surface area contributed by atoms with Crippen LogP contribution in [0.15, 0.2) is 53.4 Å². The minimum Gasteiger partial charge on any atom is -0.495 e. The third kappa shape index (κ3) is 5.52. The number of sulfonamides is 1. The number of nitrogens with zero attached hydrogens (tertiary/aromatic N) is 3. The summed E-state index contributed by atoms with van der Waals surface area (Å²) in [6, 6.07) is 11.6. The molecule has 0 radical (unpaired) electrons. The molecule has 0 spiro atoms. The predicted molar refractivity (Wildman–Crippen MR) is 117 cm³/mol. The lowest BCUT2D eigenvalue weighted by Crippen LogP contribution is -2.44. The maximum atomic E-state index is 13.5. The monoisotopic (exact) mass is 449 g/mol. The van der Waals surface area contributed by atoms with Crippen LogP contribution in [0.2, 0.25) is 0 Å². The van der Waals surface area contributed by atoms with Crippen LogP contribution in [0.4, 0.5) is 11.4 Å². The molecule has 0 aliphatic carbocycles. The molecule has 10 heteroatoms. The summed E-state index contributed by atoms with van der Waals surface area (Å²) in [7, 11) is -2.75. The highest BCUT2D eigenvalue weighted by Crippen LogP contribution is 2.35. The van der Waals surface area contributed by atoms with Crippen molar-refractivity contribution >= 4 is 21.4 Å². The van der Waals surface area contributed by atoms with Gasteiger partial charge in [0.1, 0.15) is 11.4 Å². The summed E-state index contributed by atoms with van der Waals surface area (Å²) < 4.78 is 33.3. The van der Waals surface area contributed by atoms with Crippen molar-refractivity contribution in [2.24, 2.45) is 0 Å². The van der Waals surface area contributed by atoms with Crippen molar-refractivity contribution in [3.63, 3.8) is 0 Å². The zero-order valence-corrected chi connectivity index (χ0v) is 18.2. The molecule has 0 saturated carbocycles. The number of anilines is 1. The van der Waals surface area contributed by atoms with Crippen LogP contribution in [0.5, 0.6) is 5.75 Å². The van der Waals surface area contributed by atoms with E-state index < -0.39 is 21.1 Å². The number of aliphatic hydroxyl groups excluding tert-OH is 1. The maximum Gasteiger partial charge on any atom is 0.271 e. The summed E-state index contributed by atoms with van der Waals surface area (Å²) in [4.78, 5) is 12.8. The van der Waals surface area contributed by atoms with Crippen molar-refractivity contribution in [1.29, 1.82) is 0 Å². The van der Waals surface area contributed by atoms with Crippen LogP contribution in [-0.2, 0) is 10.0 Å². The number of likely N-dealkylation sites (tertiary alicyclic amines) is 1.